The molecular formula is C13H15I2N2O7PS. The van der Waals surface area contributed by atoms with Gasteiger partial charge in [-0.2, -0.15) is 0 Å². The highest BCUT2D eigenvalue weighted by Crippen LogP contribution is 2.65. The highest BCUT2D eigenvalue weighted by Gasteiger charge is 2.37. The molecule has 9 nitrogen and oxygen atoms in total. The van der Waals surface area contributed by atoms with Crippen molar-refractivity contribution < 1.29 is 28.9 Å². The minimum atomic E-state index is -0.775. The second kappa shape index (κ2) is 9.87. The number of hydrogen-bond acceptors (Lipinski definition) is 8. The van der Waals surface area contributed by atoms with Crippen molar-refractivity contribution in [1.82, 2.24) is 4.90 Å². The highest BCUT2D eigenvalue weighted by molar-refractivity contribution is 14.3. The Morgan fingerprint density at radius 2 is 2.19 bits per heavy atom. The smallest absolute Gasteiger partial charge is 0.286 e. The number of carbonyl (C=O) groups is 1. The van der Waals surface area contributed by atoms with Gasteiger partial charge in [-0.3, -0.25) is 14.9 Å². The lowest BCUT2D eigenvalue weighted by Crippen LogP contribution is -2.38. The maximum atomic E-state index is 12.8. The Bertz CT molecular complexity index is 697. The molecule has 2 rings (SSSR count). The zero-order chi connectivity index (χ0) is 19.4. The van der Waals surface area contributed by atoms with E-state index in [9.17, 15) is 25.1 Å². The summed E-state index contributed by atoms with van der Waals surface area (Å²) in [5.74, 6) is -0.298. The maximum Gasteiger partial charge on any atom is 0.286 e. The first-order chi connectivity index (χ1) is 12.3. The van der Waals surface area contributed by atoms with E-state index in [1.54, 1.807) is 0 Å². The number of nitrogens with zero attached hydrogens (tertiary/aromatic N) is 2. The maximum absolute atomic E-state index is 12.8. The fourth-order valence-corrected chi connectivity index (χ4v) is 4.76. The number of hydrogen-bond donors (Lipinski definition) is 2. The largest absolute Gasteiger partial charge is 0.493 e. The van der Waals surface area contributed by atoms with E-state index in [2.05, 4.69) is 44.1 Å². The number of β-amino-alcohol motifs (C(OH)–C–C–N with tert-alkyl or cyclic N) is 1. The van der Waals surface area contributed by atoms with Gasteiger partial charge in [0, 0.05) is 12.6 Å². The average molecular weight is 628 g/mol. The van der Waals surface area contributed by atoms with E-state index in [-0.39, 0.29) is 36.6 Å². The van der Waals surface area contributed by atoms with Crippen LogP contribution in [0.25, 0.3) is 0 Å². The SMILES string of the molecule is COc1cc(C(=O)N2C[C@H](O)C[C@H]2CO)c([N+](=O)[O-])cc1OSP(I)I. The lowest BCUT2D eigenvalue weighted by atomic mass is 10.1. The molecule has 1 saturated heterocycles. The molecule has 0 radical (unpaired) electrons. The van der Waals surface area contributed by atoms with E-state index < -0.39 is 31.1 Å². The van der Waals surface area contributed by atoms with E-state index in [0.29, 0.717) is 0 Å². The number of rotatable bonds is 7. The zero-order valence-electron chi connectivity index (χ0n) is 13.4. The van der Waals surface area contributed by atoms with Crippen LogP contribution in [0.5, 0.6) is 11.5 Å². The Morgan fingerprint density at radius 3 is 2.73 bits per heavy atom. The van der Waals surface area contributed by atoms with Crippen LogP contribution in [-0.4, -0.2) is 58.4 Å². The van der Waals surface area contributed by atoms with E-state index >= 15 is 0 Å². The molecule has 1 heterocycles. The molecule has 0 aliphatic carbocycles. The number of amides is 1. The van der Waals surface area contributed by atoms with Gasteiger partial charge in [0.25, 0.3) is 11.6 Å². The number of benzene rings is 1. The third kappa shape index (κ3) is 5.22. The van der Waals surface area contributed by atoms with Crippen molar-refractivity contribution in [3.63, 3.8) is 0 Å². The summed E-state index contributed by atoms with van der Waals surface area (Å²) in [6.45, 7) is -0.327. The van der Waals surface area contributed by atoms with Gasteiger partial charge in [0.1, 0.15) is 19.6 Å². The summed E-state index contributed by atoms with van der Waals surface area (Å²) in [4.78, 5) is 24.9. The molecule has 1 amide bonds. The second-order valence-electron chi connectivity index (χ2n) is 5.32. The first kappa shape index (κ1) is 22.1. The van der Waals surface area contributed by atoms with Crippen molar-refractivity contribution in [3.05, 3.63) is 27.8 Å². The summed E-state index contributed by atoms with van der Waals surface area (Å²) in [5, 5.41) is 30.6. The molecule has 0 aromatic heterocycles. The Labute approximate surface area is 180 Å². The van der Waals surface area contributed by atoms with Crippen LogP contribution in [0.2, 0.25) is 0 Å². The number of nitro groups is 1. The van der Waals surface area contributed by atoms with Gasteiger partial charge >= 0.3 is 0 Å². The number of carbonyl (C=O) groups excluding carboxylic acids is 1. The Kier molecular flexibility index (Phi) is 8.40. The van der Waals surface area contributed by atoms with Crippen LogP contribution in [0.1, 0.15) is 16.8 Å². The highest BCUT2D eigenvalue weighted by atomic mass is 127. The third-order valence-electron chi connectivity index (χ3n) is 3.76. The molecule has 1 aromatic carbocycles. The summed E-state index contributed by atoms with van der Waals surface area (Å²) in [7, 11) is 1.38. The number of aliphatic hydroxyl groups excluding tert-OH is 2. The number of nitro benzene ring substituents is 1. The second-order valence-corrected chi connectivity index (χ2v) is 22.8. The van der Waals surface area contributed by atoms with Gasteiger partial charge in [0.15, 0.2) is 11.5 Å². The fraction of sp³-hybridized carbons (Fsp3) is 0.462. The van der Waals surface area contributed by atoms with Crippen LogP contribution in [-0.2, 0) is 0 Å². The predicted molar refractivity (Wildman–Crippen MR) is 115 cm³/mol. The first-order valence-corrected chi connectivity index (χ1v) is 15.5. The number of ether oxygens (including phenoxy) is 1. The molecule has 0 bridgehead atoms. The summed E-state index contributed by atoms with van der Waals surface area (Å²) < 4.78 is 10.2. The lowest BCUT2D eigenvalue weighted by molar-refractivity contribution is -0.385. The predicted octanol–water partition coefficient (Wildman–Crippen LogP) is 3.30. The summed E-state index contributed by atoms with van der Waals surface area (Å²) >= 11 is 5.50. The van der Waals surface area contributed by atoms with Crippen LogP contribution in [0.3, 0.4) is 0 Å². The molecule has 1 aromatic rings. The topological polar surface area (TPSA) is 122 Å². The zero-order valence-corrected chi connectivity index (χ0v) is 19.4. The first-order valence-electron chi connectivity index (χ1n) is 7.21. The molecule has 0 spiro atoms. The molecule has 1 aliphatic heterocycles. The number of likely N-dealkylation sites (tertiary alicyclic amines) is 1. The Balaban J connectivity index is 2.43. The molecule has 2 atom stereocenters. The number of halogens is 2. The van der Waals surface area contributed by atoms with Gasteiger partial charge in [-0.05, 0) is 50.5 Å². The van der Waals surface area contributed by atoms with Crippen molar-refractivity contribution in [3.8, 4) is 11.5 Å². The van der Waals surface area contributed by atoms with E-state index in [4.69, 9.17) is 8.92 Å². The monoisotopic (exact) mass is 628 g/mol. The van der Waals surface area contributed by atoms with Crippen LogP contribution in [0.4, 0.5) is 5.69 Å². The van der Waals surface area contributed by atoms with E-state index in [0.717, 1.165) is 17.7 Å². The number of methoxy groups -OCH3 is 1. The molecule has 0 saturated carbocycles. The fourth-order valence-electron chi connectivity index (χ4n) is 2.63. The summed E-state index contributed by atoms with van der Waals surface area (Å²) in [6.07, 6.45) is -0.553. The van der Waals surface area contributed by atoms with Crippen molar-refractivity contribution in [2.75, 3.05) is 20.3 Å². The van der Waals surface area contributed by atoms with Crippen LogP contribution < -0.4 is 8.92 Å². The average Bonchev–Trinajstić information content (AvgIpc) is 2.99. The van der Waals surface area contributed by atoms with Gasteiger partial charge in [-0.25, -0.2) is 0 Å². The van der Waals surface area contributed by atoms with Gasteiger partial charge in [0.2, 0.25) is 0 Å². The van der Waals surface area contributed by atoms with Crippen LogP contribution >= 0.6 is 58.2 Å². The molecule has 2 N–H and O–H groups in total. The van der Waals surface area contributed by atoms with Gasteiger partial charge in [-0.15, -0.1) is 0 Å². The van der Waals surface area contributed by atoms with Crippen LogP contribution in [0.15, 0.2) is 12.1 Å². The van der Waals surface area contributed by atoms with E-state index in [1.807, 2.05) is 0 Å². The van der Waals surface area contributed by atoms with E-state index in [1.165, 1.54) is 18.1 Å². The minimum Gasteiger partial charge on any atom is -0.493 e. The Morgan fingerprint density at radius 1 is 1.50 bits per heavy atom. The Hall–Kier alpha value is -0.150. The molecule has 1 aliphatic rings. The number of aliphatic hydroxyl groups is 2. The molecule has 1 fully saturated rings. The summed E-state index contributed by atoms with van der Waals surface area (Å²) in [6, 6.07) is 1.83. The molecule has 144 valence electrons. The molecule has 13 heteroatoms. The standard InChI is InChI=1S/C13H15I2N2O7PS/c1-23-11-3-9(13(20)16-5-8(19)2-7(16)6-18)10(17(21)22)4-12(11)24-26-25(14)15/h3-4,7-8,18-19H,2,5-6H2,1H3/t7-,8+/m0/s1. The van der Waals surface area contributed by atoms with Crippen molar-refractivity contribution >= 4 is 69.7 Å². The van der Waals surface area contributed by atoms with Gasteiger partial charge in [0.05, 0.1) is 36.9 Å². The van der Waals surface area contributed by atoms with Crippen LogP contribution in [0, 0.1) is 10.1 Å². The molecule has 26 heavy (non-hydrogen) atoms. The quantitative estimate of drug-likeness (QED) is 0.155. The third-order valence-corrected chi connectivity index (χ3v) is 7.58. The molecular weight excluding hydrogens is 613 g/mol. The van der Waals surface area contributed by atoms with Crippen molar-refractivity contribution in [2.24, 2.45) is 0 Å². The van der Waals surface area contributed by atoms with Crippen molar-refractivity contribution in [1.29, 1.82) is 0 Å². The van der Waals surface area contributed by atoms with Gasteiger partial charge < -0.3 is 24.0 Å². The van der Waals surface area contributed by atoms with Gasteiger partial charge in [-0.1, -0.05) is 0 Å². The summed E-state index contributed by atoms with van der Waals surface area (Å²) in [5.41, 5.74) is -0.598. The minimum absolute atomic E-state index is 0.00555. The molecule has 0 unspecified atom stereocenters. The lowest BCUT2D eigenvalue weighted by Gasteiger charge is -2.23. The normalized spacial score (nSPS) is 19.7. The van der Waals surface area contributed by atoms with Crippen molar-refractivity contribution in [2.45, 2.75) is 18.6 Å².